The van der Waals surface area contributed by atoms with Gasteiger partial charge in [-0.1, -0.05) is 22.0 Å². The molecule has 1 fully saturated rings. The standard InChI is InChI=1S/C12H17BrOS/c1-10-12(9-13,6-7-14-10)5-4-11-3-2-8-15-11/h2-3,8,10H,4-7,9H2,1H3. The van der Waals surface area contributed by atoms with Crippen molar-refractivity contribution in [2.24, 2.45) is 5.41 Å². The Labute approximate surface area is 104 Å². The molecule has 1 nitrogen and oxygen atoms in total. The van der Waals surface area contributed by atoms with Crippen molar-refractivity contribution in [2.75, 3.05) is 11.9 Å². The van der Waals surface area contributed by atoms with Gasteiger partial charge in [0.1, 0.15) is 0 Å². The molecule has 0 bridgehead atoms. The van der Waals surface area contributed by atoms with Crippen LogP contribution in [0.25, 0.3) is 0 Å². The molecule has 1 aliphatic heterocycles. The maximum absolute atomic E-state index is 5.70. The van der Waals surface area contributed by atoms with Crippen molar-refractivity contribution >= 4 is 27.3 Å². The molecule has 1 aromatic heterocycles. The Bertz CT molecular complexity index is 299. The van der Waals surface area contributed by atoms with E-state index in [2.05, 4.69) is 40.4 Å². The van der Waals surface area contributed by atoms with Gasteiger partial charge in [-0.05, 0) is 37.6 Å². The van der Waals surface area contributed by atoms with E-state index in [1.165, 1.54) is 24.1 Å². The number of alkyl halides is 1. The molecule has 15 heavy (non-hydrogen) atoms. The number of ether oxygens (including phenoxy) is 1. The average molecular weight is 289 g/mol. The first-order valence-corrected chi connectivity index (χ1v) is 7.47. The van der Waals surface area contributed by atoms with E-state index < -0.39 is 0 Å². The third-order valence-corrected chi connectivity index (χ3v) is 5.60. The molecule has 1 saturated heterocycles. The van der Waals surface area contributed by atoms with Crippen molar-refractivity contribution in [2.45, 2.75) is 32.3 Å². The molecule has 2 atom stereocenters. The van der Waals surface area contributed by atoms with Crippen molar-refractivity contribution in [1.29, 1.82) is 0 Å². The van der Waals surface area contributed by atoms with Crippen LogP contribution in [0.3, 0.4) is 0 Å². The van der Waals surface area contributed by atoms with Gasteiger partial charge in [0.05, 0.1) is 6.10 Å². The zero-order valence-corrected chi connectivity index (χ0v) is 11.4. The van der Waals surface area contributed by atoms with Crippen LogP contribution < -0.4 is 0 Å². The minimum atomic E-state index is 0.365. The fraction of sp³-hybridized carbons (Fsp3) is 0.667. The van der Waals surface area contributed by atoms with E-state index in [1.54, 1.807) is 0 Å². The van der Waals surface area contributed by atoms with Crippen molar-refractivity contribution < 1.29 is 4.74 Å². The minimum absolute atomic E-state index is 0.365. The summed E-state index contributed by atoms with van der Waals surface area (Å²) in [6, 6.07) is 4.36. The van der Waals surface area contributed by atoms with Gasteiger partial charge in [0, 0.05) is 22.2 Å². The highest BCUT2D eigenvalue weighted by atomic mass is 79.9. The van der Waals surface area contributed by atoms with Gasteiger partial charge in [-0.25, -0.2) is 0 Å². The van der Waals surface area contributed by atoms with Crippen LogP contribution in [0.2, 0.25) is 0 Å². The number of thiophene rings is 1. The third-order valence-electron chi connectivity index (χ3n) is 3.55. The Morgan fingerprint density at radius 2 is 2.53 bits per heavy atom. The van der Waals surface area contributed by atoms with E-state index in [0.717, 1.165) is 11.9 Å². The molecule has 84 valence electrons. The summed E-state index contributed by atoms with van der Waals surface area (Å²) in [7, 11) is 0. The van der Waals surface area contributed by atoms with Crippen molar-refractivity contribution in [1.82, 2.24) is 0 Å². The van der Waals surface area contributed by atoms with Crippen LogP contribution in [0.15, 0.2) is 17.5 Å². The minimum Gasteiger partial charge on any atom is -0.378 e. The van der Waals surface area contributed by atoms with E-state index in [0.29, 0.717) is 11.5 Å². The molecule has 0 aliphatic carbocycles. The molecule has 1 aromatic rings. The van der Waals surface area contributed by atoms with Gasteiger partial charge in [-0.3, -0.25) is 0 Å². The summed E-state index contributed by atoms with van der Waals surface area (Å²) in [6.45, 7) is 3.14. The number of hydrogen-bond acceptors (Lipinski definition) is 2. The monoisotopic (exact) mass is 288 g/mol. The van der Waals surface area contributed by atoms with Crippen LogP contribution >= 0.6 is 27.3 Å². The Morgan fingerprint density at radius 3 is 3.07 bits per heavy atom. The second-order valence-electron chi connectivity index (χ2n) is 4.34. The molecule has 0 aromatic carbocycles. The van der Waals surface area contributed by atoms with Crippen LogP contribution in [0, 0.1) is 5.41 Å². The summed E-state index contributed by atoms with van der Waals surface area (Å²) >= 11 is 5.52. The van der Waals surface area contributed by atoms with E-state index in [9.17, 15) is 0 Å². The highest BCUT2D eigenvalue weighted by Crippen LogP contribution is 2.41. The number of rotatable bonds is 4. The van der Waals surface area contributed by atoms with E-state index >= 15 is 0 Å². The molecule has 0 N–H and O–H groups in total. The first-order valence-electron chi connectivity index (χ1n) is 5.47. The first kappa shape index (κ1) is 11.6. The lowest BCUT2D eigenvalue weighted by Crippen LogP contribution is -2.31. The Hall–Kier alpha value is 0.140. The van der Waals surface area contributed by atoms with Crippen LogP contribution in [-0.4, -0.2) is 18.0 Å². The Balaban J connectivity index is 1.96. The smallest absolute Gasteiger partial charge is 0.0612 e. The van der Waals surface area contributed by atoms with Gasteiger partial charge < -0.3 is 4.74 Å². The maximum atomic E-state index is 5.70. The Kier molecular flexibility index (Phi) is 3.86. The van der Waals surface area contributed by atoms with Crippen molar-refractivity contribution in [3.8, 4) is 0 Å². The molecule has 3 heteroatoms. The molecule has 2 unspecified atom stereocenters. The second-order valence-corrected chi connectivity index (χ2v) is 5.93. The van der Waals surface area contributed by atoms with Crippen LogP contribution in [0.4, 0.5) is 0 Å². The number of aryl methyl sites for hydroxylation is 1. The van der Waals surface area contributed by atoms with Crippen molar-refractivity contribution in [3.63, 3.8) is 0 Å². The molecule has 0 spiro atoms. The number of hydrogen-bond donors (Lipinski definition) is 0. The van der Waals surface area contributed by atoms with Gasteiger partial charge in [0.25, 0.3) is 0 Å². The molecule has 1 aliphatic rings. The lowest BCUT2D eigenvalue weighted by Gasteiger charge is -2.29. The molecule has 0 amide bonds. The zero-order valence-electron chi connectivity index (χ0n) is 9.04. The van der Waals surface area contributed by atoms with E-state index in [1.807, 2.05) is 11.3 Å². The second kappa shape index (κ2) is 4.98. The predicted octanol–water partition coefficient (Wildman–Crippen LogP) is 3.87. The van der Waals surface area contributed by atoms with Crippen LogP contribution in [0.5, 0.6) is 0 Å². The van der Waals surface area contributed by atoms with Crippen LogP contribution in [0.1, 0.15) is 24.6 Å². The fourth-order valence-corrected chi connectivity index (χ4v) is 3.94. The van der Waals surface area contributed by atoms with Crippen LogP contribution in [-0.2, 0) is 11.2 Å². The topological polar surface area (TPSA) is 9.23 Å². The molecular formula is C12H17BrOS. The van der Waals surface area contributed by atoms with Gasteiger partial charge in [-0.2, -0.15) is 0 Å². The third kappa shape index (κ3) is 2.45. The molecular weight excluding hydrogens is 272 g/mol. The van der Waals surface area contributed by atoms with Gasteiger partial charge in [-0.15, -0.1) is 11.3 Å². The number of halogens is 1. The molecule has 0 radical (unpaired) electrons. The van der Waals surface area contributed by atoms with Gasteiger partial charge in [0.2, 0.25) is 0 Å². The van der Waals surface area contributed by atoms with Gasteiger partial charge >= 0.3 is 0 Å². The molecule has 0 saturated carbocycles. The highest BCUT2D eigenvalue weighted by molar-refractivity contribution is 9.09. The van der Waals surface area contributed by atoms with Crippen molar-refractivity contribution in [3.05, 3.63) is 22.4 Å². The Morgan fingerprint density at radius 1 is 1.67 bits per heavy atom. The molecule has 2 heterocycles. The summed E-state index contributed by atoms with van der Waals surface area (Å²) < 4.78 is 5.70. The summed E-state index contributed by atoms with van der Waals surface area (Å²) in [5.74, 6) is 0. The highest BCUT2D eigenvalue weighted by Gasteiger charge is 2.39. The maximum Gasteiger partial charge on any atom is 0.0612 e. The first-order chi connectivity index (χ1) is 7.27. The summed E-state index contributed by atoms with van der Waals surface area (Å²) in [4.78, 5) is 1.49. The summed E-state index contributed by atoms with van der Waals surface area (Å²) in [6.07, 6.45) is 4.03. The van der Waals surface area contributed by atoms with E-state index in [-0.39, 0.29) is 0 Å². The summed E-state index contributed by atoms with van der Waals surface area (Å²) in [5, 5.41) is 3.22. The lowest BCUT2D eigenvalue weighted by molar-refractivity contribution is 0.0709. The normalized spacial score (nSPS) is 30.9. The van der Waals surface area contributed by atoms with E-state index in [4.69, 9.17) is 4.74 Å². The molecule has 2 rings (SSSR count). The zero-order chi connectivity index (χ0) is 10.7. The fourth-order valence-electron chi connectivity index (χ4n) is 2.22. The summed E-state index contributed by atoms with van der Waals surface area (Å²) in [5.41, 5.74) is 0.365. The average Bonchev–Trinajstić information content (AvgIpc) is 2.85. The SMILES string of the molecule is CC1OCCC1(CBr)CCc1cccs1. The quantitative estimate of drug-likeness (QED) is 0.765. The predicted molar refractivity (Wildman–Crippen MR) is 68.9 cm³/mol. The largest absolute Gasteiger partial charge is 0.378 e. The van der Waals surface area contributed by atoms with Gasteiger partial charge in [0.15, 0.2) is 0 Å². The lowest BCUT2D eigenvalue weighted by atomic mass is 9.79.